The lowest BCUT2D eigenvalue weighted by molar-refractivity contribution is -0.115. The highest BCUT2D eigenvalue weighted by atomic mass is 32.2. The summed E-state index contributed by atoms with van der Waals surface area (Å²) in [5.74, 6) is -9.55. The second kappa shape index (κ2) is 11.9. The number of Topliss-reactive ketones (excluding diaryl/α,β-unsaturated/α-hetero) is 1. The van der Waals surface area contributed by atoms with Crippen molar-refractivity contribution < 1.29 is 45.2 Å². The van der Waals surface area contributed by atoms with Crippen molar-refractivity contribution in [3.05, 3.63) is 107 Å². The highest BCUT2D eigenvalue weighted by Crippen LogP contribution is 2.36. The van der Waals surface area contributed by atoms with E-state index in [2.05, 4.69) is 15.1 Å². The second-order valence-electron chi connectivity index (χ2n) is 10.8. The highest BCUT2D eigenvalue weighted by Gasteiger charge is 2.36. The van der Waals surface area contributed by atoms with Gasteiger partial charge in [-0.15, -0.1) is 0 Å². The molecule has 0 atom stereocenters. The molecule has 1 amide bonds. The van der Waals surface area contributed by atoms with Gasteiger partial charge < -0.3 is 4.98 Å². The van der Waals surface area contributed by atoms with Crippen LogP contribution in [-0.4, -0.2) is 51.5 Å². The molecule has 3 aromatic carbocycles. The Morgan fingerprint density at radius 3 is 2.24 bits per heavy atom. The van der Waals surface area contributed by atoms with Crippen LogP contribution < -0.4 is 4.31 Å². The van der Waals surface area contributed by atoms with Gasteiger partial charge in [0, 0.05) is 48.1 Å². The predicted molar refractivity (Wildman–Crippen MR) is 168 cm³/mol. The summed E-state index contributed by atoms with van der Waals surface area (Å²) < 4.78 is 87.7. The molecular formula is C33H21F4N5O6S. The van der Waals surface area contributed by atoms with Crippen LogP contribution >= 0.6 is 0 Å². The van der Waals surface area contributed by atoms with E-state index in [1.807, 2.05) is 0 Å². The molecule has 248 valence electrons. The number of aromatic amines is 1. The molecule has 0 fully saturated rings. The summed E-state index contributed by atoms with van der Waals surface area (Å²) in [7, 11) is -5.34. The van der Waals surface area contributed by atoms with E-state index in [0.717, 1.165) is 6.20 Å². The number of pyridine rings is 1. The second-order valence-corrected chi connectivity index (χ2v) is 12.6. The topological polar surface area (TPSA) is 152 Å². The Morgan fingerprint density at radius 2 is 1.57 bits per heavy atom. The highest BCUT2D eigenvalue weighted by molar-refractivity contribution is 7.93. The molecule has 0 radical (unpaired) electrons. The minimum Gasteiger partial charge on any atom is -0.345 e. The maximum Gasteiger partial charge on any atom is 0.274 e. The summed E-state index contributed by atoms with van der Waals surface area (Å²) in [6.07, 6.45) is 3.85. The van der Waals surface area contributed by atoms with Gasteiger partial charge in [-0.05, 0) is 55.0 Å². The van der Waals surface area contributed by atoms with Gasteiger partial charge in [-0.1, -0.05) is 6.07 Å². The van der Waals surface area contributed by atoms with Gasteiger partial charge >= 0.3 is 0 Å². The Bertz CT molecular complexity index is 2540. The number of hydrogen-bond acceptors (Lipinski definition) is 8. The number of rotatable bonds is 7. The Morgan fingerprint density at radius 1 is 0.857 bits per heavy atom. The van der Waals surface area contributed by atoms with E-state index >= 15 is 8.78 Å². The SMILES string of the molecule is CC(=O)c1c(-c2ccc3c(cnn3C(C)=O)c2)cnc2[nH]cc(C(=O)c3c(F)ccc(N(C(C)=O)S(=O)(=O)c4cc(F)ccc4F)c3F)c12. The zero-order valence-electron chi connectivity index (χ0n) is 25.5. The standard InChI is InChI=1S/C33H21F4N5O6S/c1-15(43)28-21(18-4-8-25-19(10-18)12-40-41(25)16(2)44)13-38-33-29(28)22(14-39-33)32(46)30-24(36)7-9-26(31(30)37)42(17(3)45)49(47,48)27-11-20(34)5-6-23(27)35/h4-14H,1-3H3,(H,38,39). The molecule has 0 spiro atoms. The number of hydrogen-bond donors (Lipinski definition) is 1. The average molecular weight is 692 g/mol. The number of carbonyl (C=O) groups is 4. The quantitative estimate of drug-likeness (QED) is 0.159. The van der Waals surface area contributed by atoms with Crippen molar-refractivity contribution in [2.24, 2.45) is 0 Å². The number of anilines is 1. The van der Waals surface area contributed by atoms with Crippen LogP contribution in [0.1, 0.15) is 51.8 Å². The van der Waals surface area contributed by atoms with Crippen molar-refractivity contribution in [1.82, 2.24) is 19.7 Å². The smallest absolute Gasteiger partial charge is 0.274 e. The normalized spacial score (nSPS) is 11.7. The predicted octanol–water partition coefficient (Wildman–Crippen LogP) is 5.97. The van der Waals surface area contributed by atoms with Crippen molar-refractivity contribution >= 4 is 61.0 Å². The molecule has 6 rings (SSSR count). The first-order chi connectivity index (χ1) is 23.1. The lowest BCUT2D eigenvalue weighted by Crippen LogP contribution is -2.37. The fraction of sp³-hybridized carbons (Fsp3) is 0.0909. The molecule has 0 saturated carbocycles. The van der Waals surface area contributed by atoms with Crippen molar-refractivity contribution in [3.63, 3.8) is 0 Å². The lowest BCUT2D eigenvalue weighted by atomic mass is 9.92. The van der Waals surface area contributed by atoms with E-state index in [4.69, 9.17) is 0 Å². The van der Waals surface area contributed by atoms with Crippen LogP contribution in [0.2, 0.25) is 0 Å². The van der Waals surface area contributed by atoms with E-state index in [0.29, 0.717) is 47.7 Å². The Balaban J connectivity index is 1.52. The summed E-state index contributed by atoms with van der Waals surface area (Å²) in [6, 6.07) is 7.29. The number of halogens is 4. The maximum atomic E-state index is 16.2. The summed E-state index contributed by atoms with van der Waals surface area (Å²) in [6.45, 7) is 3.22. The molecule has 3 aromatic heterocycles. The minimum atomic E-state index is -5.34. The molecule has 0 unspecified atom stereocenters. The Kier molecular flexibility index (Phi) is 7.98. The monoisotopic (exact) mass is 691 g/mol. The zero-order chi connectivity index (χ0) is 35.5. The van der Waals surface area contributed by atoms with Gasteiger partial charge in [-0.3, -0.25) is 19.2 Å². The van der Waals surface area contributed by atoms with Gasteiger partial charge in [0.05, 0.1) is 28.5 Å². The van der Waals surface area contributed by atoms with Crippen LogP contribution in [0.15, 0.2) is 72.0 Å². The third-order valence-electron chi connectivity index (χ3n) is 7.69. The van der Waals surface area contributed by atoms with E-state index in [1.54, 1.807) is 18.2 Å². The summed E-state index contributed by atoms with van der Waals surface area (Å²) in [5, 5.41) is 4.48. The third-order valence-corrected chi connectivity index (χ3v) is 9.49. The fourth-order valence-corrected chi connectivity index (χ4v) is 7.10. The fourth-order valence-electron chi connectivity index (χ4n) is 5.59. The number of carbonyl (C=O) groups excluding carboxylic acids is 4. The number of ketones is 2. The maximum absolute atomic E-state index is 16.2. The molecule has 0 aliphatic heterocycles. The molecule has 11 nitrogen and oxygen atoms in total. The van der Waals surface area contributed by atoms with E-state index < -0.39 is 72.5 Å². The third kappa shape index (κ3) is 5.35. The number of aromatic nitrogens is 4. The molecule has 6 aromatic rings. The van der Waals surface area contributed by atoms with Crippen LogP contribution in [-0.2, 0) is 14.8 Å². The first-order valence-electron chi connectivity index (χ1n) is 14.2. The number of amides is 1. The van der Waals surface area contributed by atoms with Crippen molar-refractivity contribution in [3.8, 4) is 11.1 Å². The van der Waals surface area contributed by atoms with E-state index in [1.165, 1.54) is 30.9 Å². The summed E-state index contributed by atoms with van der Waals surface area (Å²) >= 11 is 0. The molecule has 0 aliphatic carbocycles. The zero-order valence-corrected chi connectivity index (χ0v) is 26.3. The first-order valence-corrected chi connectivity index (χ1v) is 15.6. The van der Waals surface area contributed by atoms with Crippen LogP contribution in [0.25, 0.3) is 33.1 Å². The molecule has 1 N–H and O–H groups in total. The number of nitrogens with one attached hydrogen (secondary N) is 1. The van der Waals surface area contributed by atoms with Crippen molar-refractivity contribution in [2.45, 2.75) is 25.7 Å². The van der Waals surface area contributed by atoms with Crippen molar-refractivity contribution in [1.29, 1.82) is 0 Å². The average Bonchev–Trinajstić information content (AvgIpc) is 3.67. The Hall–Kier alpha value is -6.03. The first kappa shape index (κ1) is 32.9. The van der Waals surface area contributed by atoms with Gasteiger partial charge in [-0.25, -0.2) is 35.6 Å². The minimum absolute atomic E-state index is 0.00531. The molecule has 3 heterocycles. The van der Waals surface area contributed by atoms with Crippen LogP contribution in [0.4, 0.5) is 23.2 Å². The number of sulfonamides is 1. The molecule has 16 heteroatoms. The summed E-state index contributed by atoms with van der Waals surface area (Å²) in [5.41, 5.74) is -1.80. The van der Waals surface area contributed by atoms with Gasteiger partial charge in [0.15, 0.2) is 11.6 Å². The van der Waals surface area contributed by atoms with Gasteiger partial charge in [0.1, 0.15) is 28.0 Å². The van der Waals surface area contributed by atoms with Crippen molar-refractivity contribution in [2.75, 3.05) is 4.31 Å². The molecule has 49 heavy (non-hydrogen) atoms. The van der Waals surface area contributed by atoms with E-state index in [-0.39, 0.29) is 38.4 Å². The molecular weight excluding hydrogens is 670 g/mol. The van der Waals surface area contributed by atoms with Crippen LogP contribution in [0.5, 0.6) is 0 Å². The largest absolute Gasteiger partial charge is 0.345 e. The van der Waals surface area contributed by atoms with Crippen LogP contribution in [0.3, 0.4) is 0 Å². The molecule has 0 saturated heterocycles. The number of nitrogens with zero attached hydrogens (tertiary/aromatic N) is 4. The van der Waals surface area contributed by atoms with Gasteiger partial charge in [0.2, 0.25) is 17.6 Å². The number of benzene rings is 3. The lowest BCUT2D eigenvalue weighted by Gasteiger charge is -2.23. The number of H-pyrrole nitrogens is 1. The Labute approximate surface area is 273 Å². The molecule has 0 aliphatic rings. The summed E-state index contributed by atoms with van der Waals surface area (Å²) in [4.78, 5) is 57.3. The molecule has 0 bridgehead atoms. The van der Waals surface area contributed by atoms with E-state index in [9.17, 15) is 36.4 Å². The number of fused-ring (bicyclic) bond motifs is 2. The van der Waals surface area contributed by atoms with Crippen LogP contribution in [0, 0.1) is 23.3 Å². The van der Waals surface area contributed by atoms with Gasteiger partial charge in [-0.2, -0.15) is 9.40 Å². The van der Waals surface area contributed by atoms with Gasteiger partial charge in [0.25, 0.3) is 10.0 Å².